The summed E-state index contributed by atoms with van der Waals surface area (Å²) < 4.78 is 5.13. The molecule has 0 saturated carbocycles. The molecule has 0 saturated heterocycles. The molecule has 2 aromatic heterocycles. The number of carbonyl (C=O) groups excluding carboxylic acids is 1. The molecule has 0 atom stereocenters. The van der Waals surface area contributed by atoms with Gasteiger partial charge >= 0.3 is 5.97 Å². The number of aryl methyl sites for hydroxylation is 2. The topological polar surface area (TPSA) is 127 Å². The van der Waals surface area contributed by atoms with Gasteiger partial charge in [0.2, 0.25) is 5.13 Å². The van der Waals surface area contributed by atoms with Gasteiger partial charge in [-0.15, -0.1) is 10.2 Å². The second-order valence-electron chi connectivity index (χ2n) is 5.36. The zero-order chi connectivity index (χ0) is 19.2. The molecule has 1 amide bonds. The molecule has 0 radical (unpaired) electrons. The number of hydrogen-bond acceptors (Lipinski definition) is 8. The maximum Gasteiger partial charge on any atom is 0.356 e. The third-order valence-corrected chi connectivity index (χ3v) is 4.49. The second kappa shape index (κ2) is 8.32. The second-order valence-corrected chi connectivity index (χ2v) is 6.42. The van der Waals surface area contributed by atoms with Gasteiger partial charge in [-0.3, -0.25) is 10.1 Å². The number of rotatable bonds is 7. The number of hydrogen-bond donors (Lipinski definition) is 2. The molecule has 2 heterocycles. The third-order valence-electron chi connectivity index (χ3n) is 3.59. The molecule has 3 rings (SSSR count). The van der Waals surface area contributed by atoms with Crippen molar-refractivity contribution in [1.29, 1.82) is 0 Å². The molecule has 0 aliphatic heterocycles. The van der Waals surface area contributed by atoms with Gasteiger partial charge in [-0.05, 0) is 24.1 Å². The van der Waals surface area contributed by atoms with Crippen molar-refractivity contribution in [3.8, 4) is 5.75 Å². The Labute approximate surface area is 158 Å². The van der Waals surface area contributed by atoms with E-state index in [1.54, 1.807) is 7.11 Å². The van der Waals surface area contributed by atoms with Crippen LogP contribution in [0.25, 0.3) is 0 Å². The van der Waals surface area contributed by atoms with Gasteiger partial charge in [0.15, 0.2) is 11.4 Å². The first kappa shape index (κ1) is 18.4. The lowest BCUT2D eigenvalue weighted by Crippen LogP contribution is -2.19. The smallest absolute Gasteiger partial charge is 0.356 e. The fraction of sp³-hybridized carbons (Fsp3) is 0.176. The highest BCUT2D eigenvalue weighted by Crippen LogP contribution is 2.19. The van der Waals surface area contributed by atoms with E-state index in [4.69, 9.17) is 9.84 Å². The van der Waals surface area contributed by atoms with Crippen molar-refractivity contribution in [2.75, 3.05) is 12.4 Å². The lowest BCUT2D eigenvalue weighted by molar-refractivity contribution is 0.0685. The molecule has 0 aliphatic rings. The van der Waals surface area contributed by atoms with Crippen LogP contribution in [-0.4, -0.2) is 44.3 Å². The van der Waals surface area contributed by atoms with Crippen LogP contribution in [0.4, 0.5) is 5.13 Å². The Kier molecular flexibility index (Phi) is 5.67. The standard InChI is InChI=1S/C17H15N5O4S/c1-26-11-5-2-10(3-6-11)4-7-12-21-22-17(27-12)20-15(23)13-14(16(24)25)19-9-8-18-13/h2-3,5-6,8-9H,4,7H2,1H3,(H,24,25)(H,20,22,23). The van der Waals surface area contributed by atoms with Crippen molar-refractivity contribution in [3.05, 3.63) is 58.6 Å². The number of aromatic nitrogens is 4. The van der Waals surface area contributed by atoms with Gasteiger partial charge in [-0.2, -0.15) is 0 Å². The Morgan fingerprint density at radius 3 is 2.44 bits per heavy atom. The summed E-state index contributed by atoms with van der Waals surface area (Å²) in [5.74, 6) is -1.23. The van der Waals surface area contributed by atoms with Gasteiger partial charge in [-0.1, -0.05) is 23.5 Å². The Bertz CT molecular complexity index is 958. The zero-order valence-corrected chi connectivity index (χ0v) is 15.1. The van der Waals surface area contributed by atoms with Crippen molar-refractivity contribution in [2.24, 2.45) is 0 Å². The van der Waals surface area contributed by atoms with Crippen LogP contribution in [-0.2, 0) is 12.8 Å². The molecule has 0 bridgehead atoms. The Morgan fingerprint density at radius 2 is 1.78 bits per heavy atom. The molecule has 3 aromatic rings. The van der Waals surface area contributed by atoms with Crippen LogP contribution < -0.4 is 10.1 Å². The van der Waals surface area contributed by atoms with Gasteiger partial charge in [0.05, 0.1) is 7.11 Å². The fourth-order valence-corrected chi connectivity index (χ4v) is 3.00. The number of methoxy groups -OCH3 is 1. The van der Waals surface area contributed by atoms with Crippen LogP contribution in [0.2, 0.25) is 0 Å². The monoisotopic (exact) mass is 385 g/mol. The maximum atomic E-state index is 12.2. The third kappa shape index (κ3) is 4.61. The number of nitrogens with zero attached hydrogens (tertiary/aromatic N) is 4. The average Bonchev–Trinajstić information content (AvgIpc) is 3.14. The summed E-state index contributed by atoms with van der Waals surface area (Å²) in [4.78, 5) is 30.8. The van der Waals surface area contributed by atoms with Crippen molar-refractivity contribution in [3.63, 3.8) is 0 Å². The van der Waals surface area contributed by atoms with E-state index in [1.807, 2.05) is 24.3 Å². The first-order valence-corrected chi connectivity index (χ1v) is 8.69. The van der Waals surface area contributed by atoms with Crippen molar-refractivity contribution >= 4 is 28.3 Å². The number of anilines is 1. The van der Waals surface area contributed by atoms with Crippen molar-refractivity contribution in [2.45, 2.75) is 12.8 Å². The predicted octanol–water partition coefficient (Wildman–Crippen LogP) is 2.07. The molecule has 1 aromatic carbocycles. The van der Waals surface area contributed by atoms with Gasteiger partial charge in [0.25, 0.3) is 5.91 Å². The van der Waals surface area contributed by atoms with Gasteiger partial charge in [0.1, 0.15) is 10.8 Å². The van der Waals surface area contributed by atoms with Crippen molar-refractivity contribution < 1.29 is 19.4 Å². The van der Waals surface area contributed by atoms with Crippen LogP contribution in [0, 0.1) is 0 Å². The van der Waals surface area contributed by atoms with Crippen LogP contribution in [0.1, 0.15) is 31.5 Å². The van der Waals surface area contributed by atoms with Crippen LogP contribution in [0.3, 0.4) is 0 Å². The highest BCUT2D eigenvalue weighted by molar-refractivity contribution is 7.15. The maximum absolute atomic E-state index is 12.2. The van der Waals surface area contributed by atoms with Crippen LogP contribution in [0.15, 0.2) is 36.7 Å². The number of nitrogens with one attached hydrogen (secondary N) is 1. The van der Waals surface area contributed by atoms with Crippen LogP contribution >= 0.6 is 11.3 Å². The average molecular weight is 385 g/mol. The number of carbonyl (C=O) groups is 2. The zero-order valence-electron chi connectivity index (χ0n) is 14.2. The van der Waals surface area contributed by atoms with E-state index in [0.717, 1.165) is 22.7 Å². The summed E-state index contributed by atoms with van der Waals surface area (Å²) in [5, 5.41) is 20.6. The highest BCUT2D eigenvalue weighted by atomic mass is 32.1. The molecule has 10 heteroatoms. The molecule has 0 spiro atoms. The molecule has 27 heavy (non-hydrogen) atoms. The predicted molar refractivity (Wildman–Crippen MR) is 97.3 cm³/mol. The van der Waals surface area contributed by atoms with E-state index < -0.39 is 17.6 Å². The molecule has 0 fully saturated rings. The minimum atomic E-state index is -1.33. The Morgan fingerprint density at radius 1 is 1.07 bits per heavy atom. The minimum Gasteiger partial charge on any atom is -0.497 e. The summed E-state index contributed by atoms with van der Waals surface area (Å²) in [5.41, 5.74) is 0.432. The minimum absolute atomic E-state index is 0.270. The molecule has 2 N–H and O–H groups in total. The summed E-state index contributed by atoms with van der Waals surface area (Å²) >= 11 is 1.22. The number of aromatic carboxylic acids is 1. The quantitative estimate of drug-likeness (QED) is 0.633. The van der Waals surface area contributed by atoms with Crippen molar-refractivity contribution in [1.82, 2.24) is 20.2 Å². The Balaban J connectivity index is 1.62. The first-order valence-electron chi connectivity index (χ1n) is 7.88. The highest BCUT2D eigenvalue weighted by Gasteiger charge is 2.20. The molecule has 0 unspecified atom stereocenters. The number of benzene rings is 1. The van der Waals surface area contributed by atoms with Gasteiger partial charge < -0.3 is 9.84 Å². The number of ether oxygens (including phenoxy) is 1. The first-order chi connectivity index (χ1) is 13.1. The largest absolute Gasteiger partial charge is 0.497 e. The Hall–Kier alpha value is -3.40. The summed E-state index contributed by atoms with van der Waals surface area (Å²) in [6, 6.07) is 7.73. The van der Waals surface area contributed by atoms with E-state index in [2.05, 4.69) is 25.5 Å². The molecular formula is C17H15N5O4S. The summed E-state index contributed by atoms with van der Waals surface area (Å²) in [6.45, 7) is 0. The molecule has 138 valence electrons. The summed E-state index contributed by atoms with van der Waals surface area (Å²) in [6.07, 6.45) is 3.88. The van der Waals surface area contributed by atoms with E-state index in [0.29, 0.717) is 6.42 Å². The van der Waals surface area contributed by atoms with E-state index in [1.165, 1.54) is 23.7 Å². The SMILES string of the molecule is COc1ccc(CCc2nnc(NC(=O)c3nccnc3C(=O)O)s2)cc1. The lowest BCUT2D eigenvalue weighted by atomic mass is 10.1. The molecule has 0 aliphatic carbocycles. The number of carboxylic acid groups (broad SMARTS) is 1. The number of carboxylic acids is 1. The molecular weight excluding hydrogens is 370 g/mol. The van der Waals surface area contributed by atoms with Gasteiger partial charge in [-0.25, -0.2) is 14.8 Å². The normalized spacial score (nSPS) is 10.4. The van der Waals surface area contributed by atoms with Gasteiger partial charge in [0, 0.05) is 18.8 Å². The summed E-state index contributed by atoms with van der Waals surface area (Å²) in [7, 11) is 1.62. The lowest BCUT2D eigenvalue weighted by Gasteiger charge is -2.03. The molecule has 9 nitrogen and oxygen atoms in total. The van der Waals surface area contributed by atoms with E-state index in [9.17, 15) is 9.59 Å². The van der Waals surface area contributed by atoms with E-state index >= 15 is 0 Å². The number of amides is 1. The van der Waals surface area contributed by atoms with E-state index in [-0.39, 0.29) is 10.8 Å². The fourth-order valence-electron chi connectivity index (χ4n) is 2.27. The van der Waals surface area contributed by atoms with Crippen LogP contribution in [0.5, 0.6) is 5.75 Å².